The van der Waals surface area contributed by atoms with Crippen molar-refractivity contribution in [1.82, 2.24) is 5.32 Å². The van der Waals surface area contributed by atoms with Crippen LogP contribution in [0, 0.1) is 0 Å². The van der Waals surface area contributed by atoms with E-state index in [2.05, 4.69) is 24.9 Å². The topological polar surface area (TPSA) is 12.0 Å². The molecule has 0 rings (SSSR count). The molecule has 18 heavy (non-hydrogen) atoms. The van der Waals surface area contributed by atoms with Crippen LogP contribution in [-0.2, 0) is 0 Å². The first-order chi connectivity index (χ1) is 8.91. The fourth-order valence-electron chi connectivity index (χ4n) is 2.30. The molecule has 0 radical (unpaired) electrons. The van der Waals surface area contributed by atoms with Gasteiger partial charge in [0.15, 0.2) is 0 Å². The Morgan fingerprint density at radius 1 is 0.611 bits per heavy atom. The predicted octanol–water partition coefficient (Wildman–Crippen LogP) is 5.21. The average molecular weight is 274 g/mol. The van der Waals surface area contributed by atoms with Crippen molar-refractivity contribution in [1.29, 1.82) is 0 Å². The summed E-state index contributed by atoms with van der Waals surface area (Å²) in [6.45, 7) is 4.52. The summed E-state index contributed by atoms with van der Waals surface area (Å²) in [7, 11) is 0. The van der Waals surface area contributed by atoms with E-state index in [1.165, 1.54) is 83.6 Å². The van der Waals surface area contributed by atoms with Crippen LogP contribution < -0.4 is 5.32 Å². The minimum Gasteiger partial charge on any atom is -0.316 e. The Bertz CT molecular complexity index is 123. The molecular weight excluding hydrogens is 238 g/mol. The summed E-state index contributed by atoms with van der Waals surface area (Å²) in [6.07, 6.45) is 17.2. The Morgan fingerprint density at radius 2 is 1.06 bits per heavy atom. The van der Waals surface area contributed by atoms with Crippen molar-refractivity contribution >= 4 is 12.6 Å². The van der Waals surface area contributed by atoms with Gasteiger partial charge in [0.1, 0.15) is 0 Å². The molecule has 0 bridgehead atoms. The molecule has 0 aliphatic heterocycles. The van der Waals surface area contributed by atoms with E-state index in [0.717, 1.165) is 12.3 Å². The van der Waals surface area contributed by atoms with Gasteiger partial charge >= 0.3 is 0 Å². The molecule has 0 aliphatic rings. The standard InChI is InChI=1S/C16H35NS/c1-2-3-4-5-6-7-8-9-10-11-12-13-14-17-15-16-18/h17-18H,2-16H2,1H3. The molecule has 0 aromatic heterocycles. The summed E-state index contributed by atoms with van der Waals surface area (Å²) >= 11 is 4.18. The van der Waals surface area contributed by atoms with Gasteiger partial charge in [-0.25, -0.2) is 0 Å². The van der Waals surface area contributed by atoms with Crippen molar-refractivity contribution in [2.24, 2.45) is 0 Å². The highest BCUT2D eigenvalue weighted by molar-refractivity contribution is 7.80. The summed E-state index contributed by atoms with van der Waals surface area (Å²) in [5, 5.41) is 3.39. The molecule has 0 saturated carbocycles. The van der Waals surface area contributed by atoms with E-state index in [0.29, 0.717) is 0 Å². The summed E-state index contributed by atoms with van der Waals surface area (Å²) in [5.41, 5.74) is 0. The minimum atomic E-state index is 0.957. The maximum atomic E-state index is 4.18. The van der Waals surface area contributed by atoms with Crippen LogP contribution in [0.2, 0.25) is 0 Å². The van der Waals surface area contributed by atoms with Gasteiger partial charge in [-0.05, 0) is 13.0 Å². The van der Waals surface area contributed by atoms with E-state index in [-0.39, 0.29) is 0 Å². The van der Waals surface area contributed by atoms with Gasteiger partial charge in [-0.3, -0.25) is 0 Å². The van der Waals surface area contributed by atoms with Crippen LogP contribution in [0.5, 0.6) is 0 Å². The normalized spacial score (nSPS) is 11.0. The van der Waals surface area contributed by atoms with Crippen LogP contribution in [0.4, 0.5) is 0 Å². The lowest BCUT2D eigenvalue weighted by Gasteiger charge is -2.03. The van der Waals surface area contributed by atoms with Crippen LogP contribution in [0.1, 0.15) is 84.0 Å². The molecule has 2 heteroatoms. The molecule has 0 aromatic carbocycles. The second-order valence-electron chi connectivity index (χ2n) is 5.36. The lowest BCUT2D eigenvalue weighted by atomic mass is 10.1. The fourth-order valence-corrected chi connectivity index (χ4v) is 2.45. The lowest BCUT2D eigenvalue weighted by molar-refractivity contribution is 0.538. The average Bonchev–Trinajstić information content (AvgIpc) is 2.39. The van der Waals surface area contributed by atoms with Gasteiger partial charge < -0.3 is 5.32 Å². The first kappa shape index (κ1) is 18.3. The van der Waals surface area contributed by atoms with Gasteiger partial charge in [0, 0.05) is 12.3 Å². The molecule has 0 aliphatic carbocycles. The van der Waals surface area contributed by atoms with Crippen LogP contribution in [0.25, 0.3) is 0 Å². The molecule has 0 aromatic rings. The summed E-state index contributed by atoms with van der Waals surface area (Å²) < 4.78 is 0. The number of nitrogens with one attached hydrogen (secondary N) is 1. The van der Waals surface area contributed by atoms with E-state index in [9.17, 15) is 0 Å². The molecule has 0 amide bonds. The van der Waals surface area contributed by atoms with Crippen LogP contribution in [-0.4, -0.2) is 18.8 Å². The Morgan fingerprint density at radius 3 is 1.50 bits per heavy atom. The van der Waals surface area contributed by atoms with Crippen LogP contribution in [0.15, 0.2) is 0 Å². The van der Waals surface area contributed by atoms with Crippen LogP contribution in [0.3, 0.4) is 0 Å². The summed E-state index contributed by atoms with van der Waals surface area (Å²) in [4.78, 5) is 0. The molecule has 0 spiro atoms. The first-order valence-electron chi connectivity index (χ1n) is 8.23. The molecule has 1 N–H and O–H groups in total. The number of hydrogen-bond donors (Lipinski definition) is 2. The molecular formula is C16H35NS. The largest absolute Gasteiger partial charge is 0.316 e. The molecule has 0 unspecified atom stereocenters. The molecule has 0 heterocycles. The van der Waals surface area contributed by atoms with Crippen molar-refractivity contribution in [3.63, 3.8) is 0 Å². The predicted molar refractivity (Wildman–Crippen MR) is 87.8 cm³/mol. The SMILES string of the molecule is CCCCCCCCCCCCCCNCCS. The number of hydrogen-bond acceptors (Lipinski definition) is 2. The molecule has 0 saturated heterocycles. The maximum absolute atomic E-state index is 4.18. The zero-order chi connectivity index (χ0) is 13.3. The maximum Gasteiger partial charge on any atom is 0.00397 e. The third-order valence-corrected chi connectivity index (χ3v) is 3.72. The van der Waals surface area contributed by atoms with E-state index < -0.39 is 0 Å². The van der Waals surface area contributed by atoms with Crippen molar-refractivity contribution in [3.05, 3.63) is 0 Å². The Kier molecular flexibility index (Phi) is 17.6. The number of thiol groups is 1. The Balaban J connectivity index is 2.86. The van der Waals surface area contributed by atoms with Crippen molar-refractivity contribution in [2.75, 3.05) is 18.8 Å². The summed E-state index contributed by atoms with van der Waals surface area (Å²) in [6, 6.07) is 0. The van der Waals surface area contributed by atoms with E-state index >= 15 is 0 Å². The van der Waals surface area contributed by atoms with E-state index in [1.807, 2.05) is 0 Å². The van der Waals surface area contributed by atoms with Gasteiger partial charge in [-0.15, -0.1) is 0 Å². The van der Waals surface area contributed by atoms with Crippen molar-refractivity contribution in [2.45, 2.75) is 84.0 Å². The second kappa shape index (κ2) is 17.3. The molecule has 1 nitrogen and oxygen atoms in total. The van der Waals surface area contributed by atoms with Gasteiger partial charge in [-0.2, -0.15) is 12.6 Å². The smallest absolute Gasteiger partial charge is 0.00397 e. The lowest BCUT2D eigenvalue weighted by Crippen LogP contribution is -2.17. The van der Waals surface area contributed by atoms with Gasteiger partial charge in [0.05, 0.1) is 0 Å². The monoisotopic (exact) mass is 273 g/mol. The van der Waals surface area contributed by atoms with Gasteiger partial charge in [-0.1, -0.05) is 77.6 Å². The fraction of sp³-hybridized carbons (Fsp3) is 1.00. The molecule has 110 valence electrons. The first-order valence-corrected chi connectivity index (χ1v) is 8.86. The molecule has 0 atom stereocenters. The van der Waals surface area contributed by atoms with Crippen molar-refractivity contribution in [3.8, 4) is 0 Å². The third-order valence-electron chi connectivity index (χ3n) is 3.50. The highest BCUT2D eigenvalue weighted by atomic mass is 32.1. The number of rotatable bonds is 15. The number of unbranched alkanes of at least 4 members (excludes halogenated alkanes) is 11. The molecule has 0 fully saturated rings. The van der Waals surface area contributed by atoms with Gasteiger partial charge in [0.2, 0.25) is 0 Å². The highest BCUT2D eigenvalue weighted by Crippen LogP contribution is 2.11. The van der Waals surface area contributed by atoms with Gasteiger partial charge in [0.25, 0.3) is 0 Å². The highest BCUT2D eigenvalue weighted by Gasteiger charge is 1.93. The Hall–Kier alpha value is 0.310. The van der Waals surface area contributed by atoms with Crippen LogP contribution >= 0.6 is 12.6 Å². The second-order valence-corrected chi connectivity index (χ2v) is 5.81. The van der Waals surface area contributed by atoms with E-state index in [4.69, 9.17) is 0 Å². The third kappa shape index (κ3) is 16.3. The zero-order valence-corrected chi connectivity index (χ0v) is 13.4. The van der Waals surface area contributed by atoms with E-state index in [1.54, 1.807) is 0 Å². The van der Waals surface area contributed by atoms with Crippen molar-refractivity contribution < 1.29 is 0 Å². The quantitative estimate of drug-likeness (QED) is 0.308. The minimum absolute atomic E-state index is 0.957. The zero-order valence-electron chi connectivity index (χ0n) is 12.6. The Labute approximate surface area is 121 Å². The summed E-state index contributed by atoms with van der Waals surface area (Å²) in [5.74, 6) is 0.957.